The van der Waals surface area contributed by atoms with Crippen LogP contribution in [0.1, 0.15) is 63.0 Å². The first-order valence-electron chi connectivity index (χ1n) is 8.71. The Kier molecular flexibility index (Phi) is 7.52. The Balaban J connectivity index is 1.99. The summed E-state index contributed by atoms with van der Waals surface area (Å²) in [5.41, 5.74) is 4.12. The third-order valence-corrected chi connectivity index (χ3v) is 4.08. The van der Waals surface area contributed by atoms with E-state index in [0.717, 1.165) is 0 Å². The molecule has 0 unspecified atom stereocenters. The van der Waals surface area contributed by atoms with Crippen LogP contribution in [0.5, 0.6) is 0 Å². The third kappa shape index (κ3) is 5.89. The first-order chi connectivity index (χ1) is 10.9. The van der Waals surface area contributed by atoms with Gasteiger partial charge in [-0.15, -0.1) is 0 Å². The zero-order valence-corrected chi connectivity index (χ0v) is 13.8. The van der Waals surface area contributed by atoms with E-state index < -0.39 is 0 Å². The van der Waals surface area contributed by atoms with Gasteiger partial charge in [0.2, 0.25) is 0 Å². The van der Waals surface area contributed by atoms with Crippen LogP contribution in [-0.4, -0.2) is 0 Å². The minimum Gasteiger partial charge on any atom is -0.0654 e. The van der Waals surface area contributed by atoms with E-state index in [1.54, 1.807) is 0 Å². The van der Waals surface area contributed by atoms with E-state index >= 15 is 0 Å². The molecule has 0 radical (unpaired) electrons. The lowest BCUT2D eigenvalue weighted by Gasteiger charge is -2.09. The van der Waals surface area contributed by atoms with Crippen LogP contribution >= 0.6 is 0 Å². The standard InChI is InChI=1S/C22H28/c1-2-3-4-5-6-11-18-22(21-16-12-8-13-17-21)19-20-14-9-7-10-15-20/h7-10,12-17,19H,2-6,11,18H2,1H3. The van der Waals surface area contributed by atoms with E-state index in [2.05, 4.69) is 73.7 Å². The predicted octanol–water partition coefficient (Wildman–Crippen LogP) is 6.98. The largest absolute Gasteiger partial charge is 0.0654 e. The fraction of sp³-hybridized carbons (Fsp3) is 0.364. The highest BCUT2D eigenvalue weighted by molar-refractivity contribution is 5.81. The fourth-order valence-corrected chi connectivity index (χ4v) is 2.80. The molecule has 0 nitrogen and oxygen atoms in total. The van der Waals surface area contributed by atoms with E-state index in [0.29, 0.717) is 0 Å². The van der Waals surface area contributed by atoms with Crippen LogP contribution in [0.3, 0.4) is 0 Å². The second-order valence-corrected chi connectivity index (χ2v) is 5.96. The zero-order chi connectivity index (χ0) is 15.5. The molecule has 0 saturated heterocycles. The molecule has 0 aliphatic rings. The van der Waals surface area contributed by atoms with E-state index in [4.69, 9.17) is 0 Å². The van der Waals surface area contributed by atoms with Crippen molar-refractivity contribution in [3.8, 4) is 0 Å². The quantitative estimate of drug-likeness (QED) is 0.345. The van der Waals surface area contributed by atoms with E-state index in [9.17, 15) is 0 Å². The molecule has 0 heterocycles. The SMILES string of the molecule is CCCCCCCCC(=Cc1ccccc1)c1ccccc1. The molecule has 0 saturated carbocycles. The average molecular weight is 292 g/mol. The molecule has 116 valence electrons. The minimum atomic E-state index is 1.17. The van der Waals surface area contributed by atoms with Gasteiger partial charge < -0.3 is 0 Å². The molecule has 0 N–H and O–H groups in total. The molecule has 0 aromatic heterocycles. The number of unbranched alkanes of at least 4 members (excludes halogenated alkanes) is 5. The second-order valence-electron chi connectivity index (χ2n) is 5.96. The van der Waals surface area contributed by atoms with Crippen LogP contribution in [0, 0.1) is 0 Å². The van der Waals surface area contributed by atoms with Crippen molar-refractivity contribution in [3.05, 3.63) is 71.8 Å². The minimum absolute atomic E-state index is 1.17. The fourth-order valence-electron chi connectivity index (χ4n) is 2.80. The maximum Gasteiger partial charge on any atom is -0.0224 e. The summed E-state index contributed by atoms with van der Waals surface area (Å²) in [7, 11) is 0. The second kappa shape index (κ2) is 10.00. The summed E-state index contributed by atoms with van der Waals surface area (Å²) in [5, 5.41) is 0. The van der Waals surface area contributed by atoms with E-state index in [-0.39, 0.29) is 0 Å². The van der Waals surface area contributed by atoms with Gasteiger partial charge in [-0.2, -0.15) is 0 Å². The van der Waals surface area contributed by atoms with Gasteiger partial charge in [0.1, 0.15) is 0 Å². The molecule has 0 heteroatoms. The van der Waals surface area contributed by atoms with Crippen molar-refractivity contribution in [1.29, 1.82) is 0 Å². The van der Waals surface area contributed by atoms with Crippen LogP contribution in [0.15, 0.2) is 60.7 Å². The monoisotopic (exact) mass is 292 g/mol. The molecule has 2 rings (SSSR count). The van der Waals surface area contributed by atoms with Crippen LogP contribution in [0.2, 0.25) is 0 Å². The number of hydrogen-bond donors (Lipinski definition) is 0. The molecule has 0 aliphatic carbocycles. The normalized spacial score (nSPS) is 11.6. The van der Waals surface area contributed by atoms with Gasteiger partial charge >= 0.3 is 0 Å². The summed E-state index contributed by atoms with van der Waals surface area (Å²) in [6, 6.07) is 21.5. The molecule has 2 aromatic rings. The molecule has 0 bridgehead atoms. The highest BCUT2D eigenvalue weighted by atomic mass is 14.1. The van der Waals surface area contributed by atoms with Crippen LogP contribution in [0.4, 0.5) is 0 Å². The molecule has 22 heavy (non-hydrogen) atoms. The lowest BCUT2D eigenvalue weighted by Crippen LogP contribution is -1.87. The molecule has 0 amide bonds. The van der Waals surface area contributed by atoms with E-state index in [1.807, 2.05) is 0 Å². The summed E-state index contributed by atoms with van der Waals surface area (Å²) in [5.74, 6) is 0. The first-order valence-corrected chi connectivity index (χ1v) is 8.71. The summed E-state index contributed by atoms with van der Waals surface area (Å²) >= 11 is 0. The molecule has 0 spiro atoms. The Morgan fingerprint density at radius 3 is 2.00 bits per heavy atom. The molecule has 0 fully saturated rings. The topological polar surface area (TPSA) is 0 Å². The highest BCUT2D eigenvalue weighted by Crippen LogP contribution is 2.24. The van der Waals surface area contributed by atoms with Gasteiger partial charge in [0.25, 0.3) is 0 Å². The summed E-state index contributed by atoms with van der Waals surface area (Å²) < 4.78 is 0. The van der Waals surface area contributed by atoms with Gasteiger partial charge in [0, 0.05) is 0 Å². The van der Waals surface area contributed by atoms with E-state index in [1.165, 1.54) is 61.6 Å². The Morgan fingerprint density at radius 2 is 1.32 bits per heavy atom. The van der Waals surface area contributed by atoms with Crippen molar-refractivity contribution in [2.45, 2.75) is 51.9 Å². The predicted molar refractivity (Wildman–Crippen MR) is 98.7 cm³/mol. The first kappa shape index (κ1) is 16.5. The third-order valence-electron chi connectivity index (χ3n) is 4.08. The van der Waals surface area contributed by atoms with Gasteiger partial charge in [-0.25, -0.2) is 0 Å². The van der Waals surface area contributed by atoms with Gasteiger partial charge in [-0.1, -0.05) is 106 Å². The van der Waals surface area contributed by atoms with Crippen molar-refractivity contribution in [3.63, 3.8) is 0 Å². The molecule has 2 aromatic carbocycles. The molecule has 0 aliphatic heterocycles. The van der Waals surface area contributed by atoms with Gasteiger partial charge in [0.05, 0.1) is 0 Å². The van der Waals surface area contributed by atoms with Crippen LogP contribution in [-0.2, 0) is 0 Å². The Morgan fingerprint density at radius 1 is 0.727 bits per heavy atom. The molecular formula is C22H28. The average Bonchev–Trinajstić information content (AvgIpc) is 2.58. The van der Waals surface area contributed by atoms with Gasteiger partial charge in [0.15, 0.2) is 0 Å². The number of rotatable bonds is 9. The lowest BCUT2D eigenvalue weighted by molar-refractivity contribution is 0.613. The maximum atomic E-state index is 2.35. The smallest absolute Gasteiger partial charge is 0.0224 e. The van der Waals surface area contributed by atoms with Gasteiger partial charge in [-0.05, 0) is 29.5 Å². The zero-order valence-electron chi connectivity index (χ0n) is 13.8. The van der Waals surface area contributed by atoms with Crippen molar-refractivity contribution in [1.82, 2.24) is 0 Å². The number of allylic oxidation sites excluding steroid dienone is 1. The maximum absolute atomic E-state index is 2.35. The molecule has 0 atom stereocenters. The Hall–Kier alpha value is -1.82. The summed E-state index contributed by atoms with van der Waals surface area (Å²) in [4.78, 5) is 0. The van der Waals surface area contributed by atoms with Crippen LogP contribution < -0.4 is 0 Å². The van der Waals surface area contributed by atoms with Crippen molar-refractivity contribution in [2.75, 3.05) is 0 Å². The number of benzene rings is 2. The summed E-state index contributed by atoms with van der Waals surface area (Å²) in [6.45, 7) is 2.27. The molecular weight excluding hydrogens is 264 g/mol. The number of hydrogen-bond acceptors (Lipinski definition) is 0. The van der Waals surface area contributed by atoms with Crippen molar-refractivity contribution >= 4 is 11.6 Å². The Labute approximate surface area is 135 Å². The van der Waals surface area contributed by atoms with Crippen molar-refractivity contribution in [2.24, 2.45) is 0 Å². The van der Waals surface area contributed by atoms with Crippen molar-refractivity contribution < 1.29 is 0 Å². The highest BCUT2D eigenvalue weighted by Gasteiger charge is 2.02. The Bertz CT molecular complexity index is 537. The summed E-state index contributed by atoms with van der Waals surface area (Å²) in [6.07, 6.45) is 11.6. The lowest BCUT2D eigenvalue weighted by atomic mass is 9.97. The van der Waals surface area contributed by atoms with Crippen LogP contribution in [0.25, 0.3) is 11.6 Å². The van der Waals surface area contributed by atoms with Gasteiger partial charge in [-0.3, -0.25) is 0 Å².